The largest absolute Gasteiger partial charge is 0.469 e. The van der Waals surface area contributed by atoms with Gasteiger partial charge < -0.3 is 9.84 Å². The van der Waals surface area contributed by atoms with E-state index in [2.05, 4.69) is 4.74 Å². The van der Waals surface area contributed by atoms with E-state index in [0.717, 1.165) is 19.2 Å². The average Bonchev–Trinajstić information content (AvgIpc) is 2.49. The van der Waals surface area contributed by atoms with Gasteiger partial charge in [0.2, 0.25) is 0 Å². The molecule has 1 N–H and O–H groups in total. The summed E-state index contributed by atoms with van der Waals surface area (Å²) in [6.07, 6.45) is -0.659. The summed E-state index contributed by atoms with van der Waals surface area (Å²) in [5.41, 5.74) is -1.28. The maximum absolute atomic E-state index is 13.2. The van der Waals surface area contributed by atoms with Crippen LogP contribution in [0.2, 0.25) is 0 Å². The van der Waals surface area contributed by atoms with Gasteiger partial charge in [0.15, 0.2) is 17.5 Å². The maximum atomic E-state index is 13.2. The van der Waals surface area contributed by atoms with Crippen molar-refractivity contribution in [1.82, 2.24) is 0 Å². The van der Waals surface area contributed by atoms with Gasteiger partial charge in [-0.3, -0.25) is 9.59 Å². The molecule has 0 aliphatic rings. The van der Waals surface area contributed by atoms with Crippen LogP contribution in [-0.2, 0) is 20.7 Å². The number of ether oxygens (including phenoxy) is 1. The van der Waals surface area contributed by atoms with Gasteiger partial charge in [0.1, 0.15) is 12.2 Å². The highest BCUT2D eigenvalue weighted by atomic mass is 19.2. The van der Waals surface area contributed by atoms with Crippen molar-refractivity contribution in [3.05, 3.63) is 35.1 Å². The van der Waals surface area contributed by atoms with E-state index in [0.29, 0.717) is 0 Å². The fraction of sp³-hybridized carbons (Fsp3) is 0.529. The smallest absolute Gasteiger partial charge is 0.313 e. The molecular formula is C17H21F3O4. The molecule has 24 heavy (non-hydrogen) atoms. The molecule has 0 aliphatic carbocycles. The number of hydrogen-bond donors (Lipinski definition) is 1. The summed E-state index contributed by atoms with van der Waals surface area (Å²) in [7, 11) is 1.15. The van der Waals surface area contributed by atoms with E-state index in [4.69, 9.17) is 0 Å². The third-order valence-electron chi connectivity index (χ3n) is 4.04. The molecule has 0 fully saturated rings. The lowest BCUT2D eigenvalue weighted by molar-refractivity contribution is -0.144. The molecule has 0 amide bonds. The lowest BCUT2D eigenvalue weighted by atomic mass is 9.80. The normalized spacial score (nSPS) is 13.7. The first-order valence-electron chi connectivity index (χ1n) is 7.53. The van der Waals surface area contributed by atoms with Crippen molar-refractivity contribution < 1.29 is 32.6 Å². The van der Waals surface area contributed by atoms with Gasteiger partial charge in [-0.05, 0) is 36.5 Å². The number of Topliss-reactive ketones (excluding diaryl/α,β-unsaturated/α-hetero) is 1. The Morgan fingerprint density at radius 2 is 1.75 bits per heavy atom. The summed E-state index contributed by atoms with van der Waals surface area (Å²) in [5, 5.41) is 10.7. The van der Waals surface area contributed by atoms with E-state index in [9.17, 15) is 27.9 Å². The summed E-state index contributed by atoms with van der Waals surface area (Å²) in [5.74, 6) is -5.69. The summed E-state index contributed by atoms with van der Waals surface area (Å²) in [4.78, 5) is 23.0. The van der Waals surface area contributed by atoms with Gasteiger partial charge in [-0.2, -0.15) is 0 Å². The van der Waals surface area contributed by atoms with E-state index in [-0.39, 0.29) is 30.7 Å². The first-order valence-corrected chi connectivity index (χ1v) is 7.53. The fourth-order valence-electron chi connectivity index (χ4n) is 2.33. The molecule has 1 aromatic carbocycles. The molecule has 1 atom stereocenters. The Labute approximate surface area is 138 Å². The van der Waals surface area contributed by atoms with Crippen molar-refractivity contribution in [1.29, 1.82) is 0 Å². The molecule has 1 unspecified atom stereocenters. The van der Waals surface area contributed by atoms with Gasteiger partial charge in [0.25, 0.3) is 0 Å². The molecule has 0 spiro atoms. The number of halogens is 3. The third kappa shape index (κ3) is 5.33. The second kappa shape index (κ2) is 8.28. The lowest BCUT2D eigenvalue weighted by Crippen LogP contribution is -2.38. The van der Waals surface area contributed by atoms with Crippen molar-refractivity contribution in [2.75, 3.05) is 7.11 Å². The number of methoxy groups -OCH3 is 1. The van der Waals surface area contributed by atoms with Gasteiger partial charge >= 0.3 is 5.97 Å². The summed E-state index contributed by atoms with van der Waals surface area (Å²) < 4.78 is 43.8. The molecule has 0 saturated carbocycles. The van der Waals surface area contributed by atoms with Gasteiger partial charge in [-0.15, -0.1) is 0 Å². The zero-order valence-electron chi connectivity index (χ0n) is 13.9. The predicted molar refractivity (Wildman–Crippen MR) is 80.7 cm³/mol. The first-order chi connectivity index (χ1) is 11.1. The number of carbonyl (C=O) groups is 2. The number of carbonyl (C=O) groups excluding carboxylic acids is 2. The summed E-state index contributed by atoms with van der Waals surface area (Å²) in [6, 6.07) is 1.71. The molecule has 0 heterocycles. The fourth-order valence-corrected chi connectivity index (χ4v) is 2.33. The van der Waals surface area contributed by atoms with Crippen LogP contribution in [-0.4, -0.2) is 29.6 Å². The second-order valence-corrected chi connectivity index (χ2v) is 6.10. The van der Waals surface area contributed by atoms with Crippen LogP contribution in [0.1, 0.15) is 38.7 Å². The summed E-state index contributed by atoms with van der Waals surface area (Å²) in [6.45, 7) is 3.38. The SMILES string of the molecule is COC(=O)CC(=O)CC(O)(CCc1cc(F)c(F)c(F)c1)C(C)C. The zero-order valence-corrected chi connectivity index (χ0v) is 13.9. The minimum Gasteiger partial charge on any atom is -0.469 e. The van der Waals surface area contributed by atoms with Crippen LogP contribution >= 0.6 is 0 Å². The van der Waals surface area contributed by atoms with Crippen LogP contribution in [0, 0.1) is 23.4 Å². The Bertz CT molecular complexity index is 593. The number of esters is 1. The van der Waals surface area contributed by atoms with E-state index >= 15 is 0 Å². The predicted octanol–water partition coefficient (Wildman–Crippen LogP) is 2.95. The highest BCUT2D eigenvalue weighted by molar-refractivity contribution is 5.95. The first kappa shape index (κ1) is 20.2. The second-order valence-electron chi connectivity index (χ2n) is 6.10. The van der Waals surface area contributed by atoms with Crippen LogP contribution in [0.5, 0.6) is 0 Å². The quantitative estimate of drug-likeness (QED) is 0.447. The number of ketones is 1. The van der Waals surface area contributed by atoms with Gasteiger partial charge in [0.05, 0.1) is 12.7 Å². The minimum absolute atomic E-state index is 0.0299. The van der Waals surface area contributed by atoms with Crippen LogP contribution in [0.25, 0.3) is 0 Å². The maximum Gasteiger partial charge on any atom is 0.313 e. The monoisotopic (exact) mass is 346 g/mol. The molecule has 4 nitrogen and oxygen atoms in total. The zero-order chi connectivity index (χ0) is 18.5. The Morgan fingerprint density at radius 1 is 1.21 bits per heavy atom. The highest BCUT2D eigenvalue weighted by Crippen LogP contribution is 2.28. The molecule has 0 aromatic heterocycles. The molecule has 1 rings (SSSR count). The lowest BCUT2D eigenvalue weighted by Gasteiger charge is -2.31. The van der Waals surface area contributed by atoms with E-state index in [1.807, 2.05) is 0 Å². The highest BCUT2D eigenvalue weighted by Gasteiger charge is 2.34. The van der Waals surface area contributed by atoms with Crippen molar-refractivity contribution >= 4 is 11.8 Å². The molecular weight excluding hydrogens is 325 g/mol. The van der Waals surface area contributed by atoms with Crippen LogP contribution in [0.15, 0.2) is 12.1 Å². The van der Waals surface area contributed by atoms with E-state index < -0.39 is 41.2 Å². The Kier molecular flexibility index (Phi) is 6.95. The summed E-state index contributed by atoms with van der Waals surface area (Å²) >= 11 is 0. The number of benzene rings is 1. The van der Waals surface area contributed by atoms with Gasteiger partial charge in [-0.1, -0.05) is 13.8 Å². The standard InChI is InChI=1S/C17H21F3O4/c1-10(2)17(23,9-12(21)8-15(22)24-3)5-4-11-6-13(18)16(20)14(19)7-11/h6-7,10,23H,4-5,8-9H2,1-3H3. The van der Waals surface area contributed by atoms with Crippen LogP contribution in [0.4, 0.5) is 13.2 Å². The number of aryl methyl sites for hydroxylation is 1. The number of hydrogen-bond acceptors (Lipinski definition) is 4. The topological polar surface area (TPSA) is 63.6 Å². The Morgan fingerprint density at radius 3 is 2.21 bits per heavy atom. The number of aliphatic hydroxyl groups is 1. The molecule has 0 aliphatic heterocycles. The van der Waals surface area contributed by atoms with Crippen LogP contribution < -0.4 is 0 Å². The van der Waals surface area contributed by atoms with Crippen LogP contribution in [0.3, 0.4) is 0 Å². The molecule has 0 radical (unpaired) electrons. The molecule has 0 bridgehead atoms. The molecule has 1 aromatic rings. The van der Waals surface area contributed by atoms with Crippen molar-refractivity contribution in [2.45, 2.75) is 45.1 Å². The van der Waals surface area contributed by atoms with Gasteiger partial charge in [0, 0.05) is 6.42 Å². The molecule has 0 saturated heterocycles. The minimum atomic E-state index is -1.55. The van der Waals surface area contributed by atoms with E-state index in [1.54, 1.807) is 13.8 Å². The van der Waals surface area contributed by atoms with Crippen molar-refractivity contribution in [3.8, 4) is 0 Å². The third-order valence-corrected chi connectivity index (χ3v) is 4.04. The molecule has 7 heteroatoms. The van der Waals surface area contributed by atoms with Gasteiger partial charge in [-0.25, -0.2) is 13.2 Å². The molecule has 134 valence electrons. The van der Waals surface area contributed by atoms with Crippen molar-refractivity contribution in [2.24, 2.45) is 5.92 Å². The Hall–Kier alpha value is -1.89. The Balaban J connectivity index is 2.82. The number of rotatable bonds is 8. The average molecular weight is 346 g/mol. The van der Waals surface area contributed by atoms with Crippen molar-refractivity contribution in [3.63, 3.8) is 0 Å². The van der Waals surface area contributed by atoms with E-state index in [1.165, 1.54) is 0 Å².